The second-order valence-corrected chi connectivity index (χ2v) is 2.99. The number of allylic oxidation sites excluding steroid dienone is 8. The number of terminal acetylenes is 1. The van der Waals surface area contributed by atoms with Gasteiger partial charge in [0.25, 0.3) is 0 Å². The van der Waals surface area contributed by atoms with Crippen LogP contribution in [0.5, 0.6) is 0 Å². The zero-order valence-corrected chi connectivity index (χ0v) is 15.5. The lowest BCUT2D eigenvalue weighted by Gasteiger charge is -2.05. The minimum absolute atomic E-state index is 0.708. The van der Waals surface area contributed by atoms with Crippen molar-refractivity contribution in [2.75, 3.05) is 0 Å². The van der Waals surface area contributed by atoms with Crippen LogP contribution in [0.25, 0.3) is 0 Å². The Morgan fingerprint density at radius 2 is 1.45 bits per heavy atom. The molecule has 0 heterocycles. The second kappa shape index (κ2) is 31.3. The third kappa shape index (κ3) is 26.4. The van der Waals surface area contributed by atoms with Crippen LogP contribution in [0.15, 0.2) is 73.3 Å². The largest absolute Gasteiger partial charge is 0.457 e. The van der Waals surface area contributed by atoms with E-state index in [-0.39, 0.29) is 0 Å². The molecule has 0 amide bonds. The maximum Gasteiger partial charge on any atom is 0.127 e. The molecule has 0 bridgehead atoms. The van der Waals surface area contributed by atoms with Crippen molar-refractivity contribution in [2.45, 2.75) is 48.5 Å². The molecule has 0 unspecified atom stereocenters. The second-order valence-electron chi connectivity index (χ2n) is 2.99. The lowest BCUT2D eigenvalue weighted by Crippen LogP contribution is -1.87. The van der Waals surface area contributed by atoms with Gasteiger partial charge in [-0.1, -0.05) is 65.2 Å². The minimum atomic E-state index is 0.708. The molecule has 0 rings (SSSR count). The lowest BCUT2D eigenvalue weighted by atomic mass is 10.3. The Kier molecular flexibility index (Phi) is 39.9. The molecule has 0 aliphatic heterocycles. The molecule has 0 radical (unpaired) electrons. The molecule has 0 fully saturated rings. The Morgan fingerprint density at radius 3 is 1.77 bits per heavy atom. The highest BCUT2D eigenvalue weighted by Gasteiger charge is 1.94. The summed E-state index contributed by atoms with van der Waals surface area (Å²) in [7, 11) is 0. The van der Waals surface area contributed by atoms with Crippen LogP contribution in [0.4, 0.5) is 0 Å². The van der Waals surface area contributed by atoms with Crippen molar-refractivity contribution in [1.29, 1.82) is 0 Å². The third-order valence-electron chi connectivity index (χ3n) is 1.50. The molecule has 0 aromatic carbocycles. The molecule has 0 saturated carbocycles. The molecule has 0 aliphatic carbocycles. The van der Waals surface area contributed by atoms with E-state index >= 15 is 0 Å². The van der Waals surface area contributed by atoms with E-state index in [0.29, 0.717) is 5.76 Å². The molecule has 124 valence electrons. The zero-order chi connectivity index (χ0) is 18.2. The summed E-state index contributed by atoms with van der Waals surface area (Å²) >= 11 is 0. The molecule has 0 aliphatic rings. The number of hydrogen-bond donors (Lipinski definition) is 0. The first-order valence-corrected chi connectivity index (χ1v) is 7.66. The highest BCUT2D eigenvalue weighted by molar-refractivity contribution is 5.24. The Hall–Kier alpha value is -2.20. The summed E-state index contributed by atoms with van der Waals surface area (Å²) in [5.74, 6) is 3.70. The maximum absolute atomic E-state index is 5.58. The normalized spacial score (nSPS) is 10.1. The summed E-state index contributed by atoms with van der Waals surface area (Å²) in [4.78, 5) is 0. The maximum atomic E-state index is 5.58. The molecular weight excluding hydrogens is 268 g/mol. The van der Waals surface area contributed by atoms with Gasteiger partial charge in [-0.2, -0.15) is 0 Å². The van der Waals surface area contributed by atoms with E-state index in [9.17, 15) is 0 Å². The van der Waals surface area contributed by atoms with Crippen LogP contribution in [0.2, 0.25) is 0 Å². The zero-order valence-electron chi connectivity index (χ0n) is 15.5. The standard InChI is InChI=1S/C14H18O.C3H4.2C2H6/c1-5-9-12-13(8-4)15-14(10-6-2)11-7-3;1-3-2;2*1-2/h5-12H,2,4H2,1,3H3;1H,2H3;2*1-2H3/b9-5-,11-7-,13-12+,14-10+;;;. The predicted molar refractivity (Wildman–Crippen MR) is 104 cm³/mol. The lowest BCUT2D eigenvalue weighted by molar-refractivity contribution is 0.336. The molecule has 0 N–H and O–H groups in total. The van der Waals surface area contributed by atoms with E-state index in [0.717, 1.165) is 5.76 Å². The quantitative estimate of drug-likeness (QED) is 0.292. The highest BCUT2D eigenvalue weighted by Crippen LogP contribution is 2.09. The molecule has 0 saturated heterocycles. The van der Waals surface area contributed by atoms with Crippen LogP contribution in [0.1, 0.15) is 48.5 Å². The summed E-state index contributed by atoms with van der Waals surface area (Å²) in [6, 6.07) is 0. The van der Waals surface area contributed by atoms with E-state index < -0.39 is 0 Å². The van der Waals surface area contributed by atoms with Gasteiger partial charge in [0, 0.05) is 0 Å². The fourth-order valence-electron chi connectivity index (χ4n) is 0.875. The van der Waals surface area contributed by atoms with Gasteiger partial charge in [-0.3, -0.25) is 0 Å². The van der Waals surface area contributed by atoms with E-state index in [2.05, 4.69) is 25.5 Å². The van der Waals surface area contributed by atoms with E-state index in [1.807, 2.05) is 71.9 Å². The molecule has 0 aromatic heterocycles. The van der Waals surface area contributed by atoms with Crippen molar-refractivity contribution in [1.82, 2.24) is 0 Å². The predicted octanol–water partition coefficient (Wildman–Crippen LogP) is 6.99. The fourth-order valence-corrected chi connectivity index (χ4v) is 0.875. The van der Waals surface area contributed by atoms with Gasteiger partial charge >= 0.3 is 0 Å². The average molecular weight is 303 g/mol. The van der Waals surface area contributed by atoms with Crippen LogP contribution in [-0.4, -0.2) is 0 Å². The molecule has 1 heteroatoms. The van der Waals surface area contributed by atoms with Gasteiger partial charge in [0.15, 0.2) is 0 Å². The molecular formula is C21H34O. The van der Waals surface area contributed by atoms with Gasteiger partial charge in [-0.15, -0.1) is 12.3 Å². The number of ether oxygens (including phenoxy) is 1. The molecule has 0 aromatic rings. The average Bonchev–Trinajstić information content (AvgIpc) is 2.56. The number of rotatable bonds is 6. The molecule has 22 heavy (non-hydrogen) atoms. The van der Waals surface area contributed by atoms with Crippen LogP contribution in [0.3, 0.4) is 0 Å². The first-order chi connectivity index (χ1) is 10.7. The Bertz CT molecular complexity index is 385. The summed E-state index contributed by atoms with van der Waals surface area (Å²) in [5.41, 5.74) is 0. The Morgan fingerprint density at radius 1 is 0.955 bits per heavy atom. The van der Waals surface area contributed by atoms with Gasteiger partial charge in [0.1, 0.15) is 11.5 Å². The molecule has 0 atom stereocenters. The van der Waals surface area contributed by atoms with Crippen molar-refractivity contribution in [2.24, 2.45) is 0 Å². The van der Waals surface area contributed by atoms with Gasteiger partial charge < -0.3 is 4.74 Å². The summed E-state index contributed by atoms with van der Waals surface area (Å²) in [6.07, 6.45) is 19.2. The third-order valence-corrected chi connectivity index (χ3v) is 1.50. The minimum Gasteiger partial charge on any atom is -0.457 e. The van der Waals surface area contributed by atoms with Gasteiger partial charge in [-0.05, 0) is 45.1 Å². The van der Waals surface area contributed by atoms with Crippen LogP contribution >= 0.6 is 0 Å². The van der Waals surface area contributed by atoms with Gasteiger partial charge in [0.2, 0.25) is 0 Å². The number of hydrogen-bond acceptors (Lipinski definition) is 1. The van der Waals surface area contributed by atoms with Gasteiger partial charge in [-0.25, -0.2) is 0 Å². The van der Waals surface area contributed by atoms with Crippen LogP contribution in [-0.2, 0) is 4.74 Å². The molecule has 1 nitrogen and oxygen atoms in total. The van der Waals surface area contributed by atoms with Crippen molar-refractivity contribution in [3.8, 4) is 12.3 Å². The summed E-state index contributed by atoms with van der Waals surface area (Å²) in [6.45, 7) is 20.8. The van der Waals surface area contributed by atoms with Crippen LogP contribution < -0.4 is 0 Å². The van der Waals surface area contributed by atoms with Crippen molar-refractivity contribution in [3.63, 3.8) is 0 Å². The summed E-state index contributed by atoms with van der Waals surface area (Å²) in [5, 5.41) is 0. The topological polar surface area (TPSA) is 9.23 Å². The SMILES string of the molecule is C#CC.C=C/C=C(\C=C/C)O/C(C=C)=C/C=C\C.CC.CC. The first-order valence-electron chi connectivity index (χ1n) is 7.66. The Labute approximate surface area is 139 Å². The van der Waals surface area contributed by atoms with Crippen molar-refractivity contribution in [3.05, 3.63) is 73.3 Å². The highest BCUT2D eigenvalue weighted by atomic mass is 16.5. The fraction of sp³-hybridized carbons (Fsp3) is 0.333. The molecule has 0 spiro atoms. The van der Waals surface area contributed by atoms with Crippen molar-refractivity contribution >= 4 is 0 Å². The first kappa shape index (κ1) is 28.0. The monoisotopic (exact) mass is 302 g/mol. The summed E-state index contributed by atoms with van der Waals surface area (Å²) < 4.78 is 5.58. The van der Waals surface area contributed by atoms with E-state index in [4.69, 9.17) is 4.74 Å². The van der Waals surface area contributed by atoms with E-state index in [1.54, 1.807) is 25.2 Å². The Balaban J connectivity index is -0.000000198. The van der Waals surface area contributed by atoms with Crippen molar-refractivity contribution < 1.29 is 4.74 Å². The van der Waals surface area contributed by atoms with E-state index in [1.165, 1.54) is 0 Å². The smallest absolute Gasteiger partial charge is 0.127 e. The van der Waals surface area contributed by atoms with Crippen LogP contribution in [0, 0.1) is 12.3 Å². The van der Waals surface area contributed by atoms with Gasteiger partial charge in [0.05, 0.1) is 0 Å².